The number of rotatable bonds is 6. The van der Waals surface area contributed by atoms with Gasteiger partial charge in [-0.2, -0.15) is 0 Å². The number of hydrogen-bond acceptors (Lipinski definition) is 5. The lowest BCUT2D eigenvalue weighted by Crippen LogP contribution is -2.83. The Labute approximate surface area is 226 Å². The highest BCUT2D eigenvalue weighted by Gasteiger charge is 2.84. The molecule has 38 heavy (non-hydrogen) atoms. The molecule has 5 nitrogen and oxygen atoms in total. The fraction of sp³-hybridized carbons (Fsp3) is 0.636. The Bertz CT molecular complexity index is 1300. The van der Waals surface area contributed by atoms with Crippen LogP contribution in [0.2, 0.25) is 0 Å². The van der Waals surface area contributed by atoms with Gasteiger partial charge in [0.25, 0.3) is 0 Å². The number of hydrogen-bond donors (Lipinski definition) is 1. The van der Waals surface area contributed by atoms with E-state index >= 15 is 0 Å². The van der Waals surface area contributed by atoms with Gasteiger partial charge < -0.3 is 19.3 Å². The lowest BCUT2D eigenvalue weighted by Gasteiger charge is -2.76. The summed E-state index contributed by atoms with van der Waals surface area (Å²) in [4.78, 5) is 2.86. The number of aliphatic hydroxyl groups excluding tert-OH is 1. The van der Waals surface area contributed by atoms with Crippen molar-refractivity contribution >= 4 is 0 Å². The summed E-state index contributed by atoms with van der Waals surface area (Å²) >= 11 is 0. The molecule has 2 spiro atoms. The number of piperidine rings is 1. The van der Waals surface area contributed by atoms with Crippen LogP contribution in [0.1, 0.15) is 73.8 Å². The Morgan fingerprint density at radius 3 is 2.58 bits per heavy atom. The van der Waals surface area contributed by atoms with E-state index in [9.17, 15) is 5.11 Å². The Morgan fingerprint density at radius 2 is 1.87 bits per heavy atom. The van der Waals surface area contributed by atoms with Crippen molar-refractivity contribution < 1.29 is 19.3 Å². The first-order valence-corrected chi connectivity index (χ1v) is 14.7. The Hall–Kier alpha value is -2.08. The predicted molar refractivity (Wildman–Crippen MR) is 146 cm³/mol. The molecule has 0 unspecified atom stereocenters. The molecule has 5 heteroatoms. The van der Waals surface area contributed by atoms with Gasteiger partial charge in [0.05, 0.1) is 13.2 Å². The van der Waals surface area contributed by atoms with Crippen molar-refractivity contribution in [3.63, 3.8) is 0 Å². The molecule has 1 N–H and O–H groups in total. The van der Waals surface area contributed by atoms with Crippen LogP contribution in [-0.2, 0) is 16.6 Å². The van der Waals surface area contributed by atoms with Gasteiger partial charge in [-0.3, -0.25) is 4.90 Å². The van der Waals surface area contributed by atoms with Gasteiger partial charge in [0, 0.05) is 41.5 Å². The Morgan fingerprint density at radius 1 is 1.08 bits per heavy atom. The van der Waals surface area contributed by atoms with Crippen molar-refractivity contribution in [2.45, 2.75) is 88.1 Å². The fourth-order valence-corrected chi connectivity index (χ4v) is 10.5. The lowest BCUT2D eigenvalue weighted by atomic mass is 9.31. The largest absolute Gasteiger partial charge is 0.493 e. The highest BCUT2D eigenvalue weighted by atomic mass is 16.6. The molecular formula is C33H41NO4. The Balaban J connectivity index is 1.36. The van der Waals surface area contributed by atoms with E-state index < -0.39 is 17.1 Å². The van der Waals surface area contributed by atoms with E-state index in [1.54, 1.807) is 7.11 Å². The van der Waals surface area contributed by atoms with Gasteiger partial charge in [-0.25, -0.2) is 0 Å². The minimum Gasteiger partial charge on any atom is -0.493 e. The van der Waals surface area contributed by atoms with Crippen molar-refractivity contribution in [2.75, 3.05) is 27.3 Å². The molecule has 4 bridgehead atoms. The van der Waals surface area contributed by atoms with Crippen molar-refractivity contribution in [1.82, 2.24) is 4.90 Å². The van der Waals surface area contributed by atoms with Crippen LogP contribution < -0.4 is 9.47 Å². The van der Waals surface area contributed by atoms with E-state index in [0.717, 1.165) is 61.6 Å². The molecule has 5 aliphatic carbocycles. The topological polar surface area (TPSA) is 51.2 Å². The molecule has 4 saturated carbocycles. The molecule has 1 saturated heterocycles. The van der Waals surface area contributed by atoms with E-state index in [1.165, 1.54) is 36.1 Å². The minimum absolute atomic E-state index is 0.0378. The van der Waals surface area contributed by atoms with Crippen molar-refractivity contribution in [3.8, 4) is 11.5 Å². The predicted octanol–water partition coefficient (Wildman–Crippen LogP) is 5.35. The van der Waals surface area contributed by atoms with Gasteiger partial charge in [-0.1, -0.05) is 42.8 Å². The first-order valence-electron chi connectivity index (χ1n) is 14.7. The summed E-state index contributed by atoms with van der Waals surface area (Å²) in [6.45, 7) is 6.75. The molecule has 7 atom stereocenters. The zero-order chi connectivity index (χ0) is 26.1. The molecular weight excluding hydrogens is 474 g/mol. The van der Waals surface area contributed by atoms with Gasteiger partial charge in [0.1, 0.15) is 11.7 Å². The van der Waals surface area contributed by atoms with E-state index in [2.05, 4.69) is 55.1 Å². The van der Waals surface area contributed by atoms with Gasteiger partial charge in [0.15, 0.2) is 11.5 Å². The number of aliphatic hydroxyl groups is 1. The maximum Gasteiger partial charge on any atom is 0.165 e. The van der Waals surface area contributed by atoms with Crippen LogP contribution in [0.5, 0.6) is 11.5 Å². The zero-order valence-corrected chi connectivity index (χ0v) is 23.3. The first-order chi connectivity index (χ1) is 18.3. The summed E-state index contributed by atoms with van der Waals surface area (Å²) in [6, 6.07) is 13.3. The molecule has 2 aromatic rings. The minimum atomic E-state index is -0.634. The van der Waals surface area contributed by atoms with Crippen LogP contribution in [0, 0.1) is 23.7 Å². The Kier molecular flexibility index (Phi) is 4.73. The SMILES string of the molecule is COc1ccc2c3c1O[C@H]1[C@@]4(OC)CC[C@@]5(C[C@@]4(C)[C@H](O)c4ccc(C)cc4)[C@@H](C2)N(CC2CC2)CC[C@]315. The van der Waals surface area contributed by atoms with E-state index in [4.69, 9.17) is 14.2 Å². The fourth-order valence-electron chi connectivity index (χ4n) is 10.5. The highest BCUT2D eigenvalue weighted by molar-refractivity contribution is 5.64. The number of aryl methyl sites for hydroxylation is 1. The monoisotopic (exact) mass is 515 g/mol. The average Bonchev–Trinajstić information content (AvgIpc) is 3.67. The third-order valence-electron chi connectivity index (χ3n) is 12.3. The molecule has 0 amide bonds. The standard InChI is InChI=1S/C33H41NO4/c1-20-5-9-22(10-6-20)28(35)30(2)19-31-13-14-33(30,37-4)29-32(31)15-16-34(18-21-7-8-21)25(31)17-23-11-12-24(36-3)27(38-29)26(23)32/h5-6,9-12,21,25,28-29,35H,7-8,13-19H2,1-4H3/t25-,28-,29-,30+,31-,32+,33+/m1/s1. The zero-order valence-electron chi connectivity index (χ0n) is 23.3. The second-order valence-electron chi connectivity index (χ2n) is 13.7. The number of nitrogens with zero attached hydrogens (tertiary/aromatic N) is 1. The quantitative estimate of drug-likeness (QED) is 0.562. The molecule has 2 aliphatic heterocycles. The summed E-state index contributed by atoms with van der Waals surface area (Å²) < 4.78 is 19.8. The van der Waals surface area contributed by atoms with Gasteiger partial charge in [-0.15, -0.1) is 0 Å². The van der Waals surface area contributed by atoms with Gasteiger partial charge >= 0.3 is 0 Å². The number of likely N-dealkylation sites (tertiary alicyclic amines) is 1. The molecule has 9 rings (SSSR count). The number of benzene rings is 2. The number of methoxy groups -OCH3 is 2. The van der Waals surface area contributed by atoms with Gasteiger partial charge in [-0.05, 0) is 81.5 Å². The van der Waals surface area contributed by atoms with Crippen molar-refractivity contribution in [2.24, 2.45) is 16.7 Å². The third-order valence-corrected chi connectivity index (χ3v) is 12.3. The molecule has 5 fully saturated rings. The van der Waals surface area contributed by atoms with E-state index in [0.29, 0.717) is 6.04 Å². The molecule has 2 aromatic carbocycles. The van der Waals surface area contributed by atoms with Crippen LogP contribution in [0.25, 0.3) is 0 Å². The average molecular weight is 516 g/mol. The maximum absolute atomic E-state index is 12.3. The maximum atomic E-state index is 12.3. The molecule has 0 radical (unpaired) electrons. The van der Waals surface area contributed by atoms with Crippen molar-refractivity contribution in [1.29, 1.82) is 0 Å². The molecule has 2 heterocycles. The summed E-state index contributed by atoms with van der Waals surface area (Å²) in [7, 11) is 3.62. The summed E-state index contributed by atoms with van der Waals surface area (Å²) in [5.74, 6) is 2.65. The number of fused-ring (bicyclic) bond motifs is 2. The summed E-state index contributed by atoms with van der Waals surface area (Å²) in [5, 5.41) is 12.3. The smallest absolute Gasteiger partial charge is 0.165 e. The third kappa shape index (κ3) is 2.56. The normalized spacial score (nSPS) is 41.0. The van der Waals surface area contributed by atoms with Crippen LogP contribution in [0.4, 0.5) is 0 Å². The lowest BCUT2D eigenvalue weighted by molar-refractivity contribution is -0.324. The summed E-state index contributed by atoms with van der Waals surface area (Å²) in [5.41, 5.74) is 3.90. The summed E-state index contributed by atoms with van der Waals surface area (Å²) in [6.07, 6.45) is 7.12. The molecule has 202 valence electrons. The van der Waals surface area contributed by atoms with Crippen LogP contribution in [0.15, 0.2) is 36.4 Å². The van der Waals surface area contributed by atoms with Crippen LogP contribution >= 0.6 is 0 Å². The number of ether oxygens (including phenoxy) is 3. The van der Waals surface area contributed by atoms with Crippen molar-refractivity contribution in [3.05, 3.63) is 58.7 Å². The van der Waals surface area contributed by atoms with Crippen LogP contribution in [0.3, 0.4) is 0 Å². The first kappa shape index (κ1) is 23.8. The van der Waals surface area contributed by atoms with E-state index in [-0.39, 0.29) is 16.9 Å². The highest BCUT2D eigenvalue weighted by Crippen LogP contribution is 2.80. The second-order valence-corrected chi connectivity index (χ2v) is 13.7. The van der Waals surface area contributed by atoms with Gasteiger partial charge in [0.2, 0.25) is 0 Å². The van der Waals surface area contributed by atoms with Crippen LogP contribution in [-0.4, -0.2) is 55.1 Å². The molecule has 0 aromatic heterocycles. The molecule has 7 aliphatic rings. The van der Waals surface area contributed by atoms with E-state index in [1.807, 2.05) is 7.11 Å². The second kappa shape index (κ2) is 7.56.